The third-order valence-electron chi connectivity index (χ3n) is 3.95. The molecule has 8 heteroatoms. The van der Waals surface area contributed by atoms with E-state index in [2.05, 4.69) is 20.5 Å². The van der Waals surface area contributed by atoms with E-state index in [1.165, 1.54) is 12.3 Å². The van der Waals surface area contributed by atoms with Crippen LogP contribution >= 0.6 is 0 Å². The molecule has 0 saturated carbocycles. The molecule has 8 nitrogen and oxygen atoms in total. The zero-order chi connectivity index (χ0) is 20.1. The van der Waals surface area contributed by atoms with Gasteiger partial charge < -0.3 is 5.11 Å². The van der Waals surface area contributed by atoms with E-state index in [0.717, 1.165) is 0 Å². The number of carboxylic acid groups (broad SMARTS) is 1. The van der Waals surface area contributed by atoms with Gasteiger partial charge in [-0.05, 0) is 24.1 Å². The molecule has 3 aromatic rings. The summed E-state index contributed by atoms with van der Waals surface area (Å²) in [6.07, 6.45) is 1.41. The van der Waals surface area contributed by atoms with Gasteiger partial charge in [0.15, 0.2) is 0 Å². The van der Waals surface area contributed by atoms with Crippen LogP contribution in [0, 0.1) is 18.3 Å². The Morgan fingerprint density at radius 2 is 2.04 bits per heavy atom. The largest absolute Gasteiger partial charge is 0.478 e. The van der Waals surface area contributed by atoms with Gasteiger partial charge in [0, 0.05) is 5.56 Å². The first-order valence-corrected chi connectivity index (χ1v) is 8.22. The van der Waals surface area contributed by atoms with Gasteiger partial charge in [-0.2, -0.15) is 10.4 Å². The monoisotopic (exact) mass is 373 g/mol. The summed E-state index contributed by atoms with van der Waals surface area (Å²) in [4.78, 5) is 30.1. The van der Waals surface area contributed by atoms with Crippen molar-refractivity contribution in [2.24, 2.45) is 5.10 Å². The first kappa shape index (κ1) is 18.5. The predicted octanol–water partition coefficient (Wildman–Crippen LogP) is 2.76. The van der Waals surface area contributed by atoms with E-state index in [9.17, 15) is 20.0 Å². The Labute approximate surface area is 159 Å². The average Bonchev–Trinajstić information content (AvgIpc) is 2.69. The topological polar surface area (TPSA) is 131 Å². The average molecular weight is 373 g/mol. The highest BCUT2D eigenvalue weighted by molar-refractivity contribution is 5.92. The molecule has 1 aromatic heterocycles. The number of hydrazone groups is 1. The molecule has 0 saturated heterocycles. The van der Waals surface area contributed by atoms with E-state index in [-0.39, 0.29) is 22.8 Å². The molecule has 0 aliphatic rings. The van der Waals surface area contributed by atoms with Crippen molar-refractivity contribution in [1.82, 2.24) is 9.97 Å². The van der Waals surface area contributed by atoms with E-state index in [1.807, 2.05) is 12.1 Å². The molecule has 28 heavy (non-hydrogen) atoms. The number of aromatic nitrogens is 2. The smallest absolute Gasteiger partial charge is 0.335 e. The zero-order valence-electron chi connectivity index (χ0n) is 14.8. The number of anilines is 1. The molecule has 138 valence electrons. The molecule has 3 N–H and O–H groups in total. The highest BCUT2D eigenvalue weighted by Crippen LogP contribution is 2.19. The third-order valence-corrected chi connectivity index (χ3v) is 3.95. The van der Waals surface area contributed by atoms with Gasteiger partial charge in [0.25, 0.3) is 5.56 Å². The highest BCUT2D eigenvalue weighted by Gasteiger charge is 2.13. The Hall–Kier alpha value is -4.25. The fourth-order valence-corrected chi connectivity index (χ4v) is 2.55. The van der Waals surface area contributed by atoms with E-state index in [0.29, 0.717) is 16.7 Å². The summed E-state index contributed by atoms with van der Waals surface area (Å²) in [5.41, 5.74) is 4.18. The molecule has 0 radical (unpaired) electrons. The summed E-state index contributed by atoms with van der Waals surface area (Å²) in [5.74, 6) is -0.962. The Balaban J connectivity index is 1.90. The molecule has 1 heterocycles. The van der Waals surface area contributed by atoms with Crippen molar-refractivity contribution < 1.29 is 9.90 Å². The first-order chi connectivity index (χ1) is 13.5. The van der Waals surface area contributed by atoms with Crippen LogP contribution in [-0.4, -0.2) is 27.3 Å². The van der Waals surface area contributed by atoms with Crippen molar-refractivity contribution in [3.63, 3.8) is 0 Å². The van der Waals surface area contributed by atoms with Gasteiger partial charge in [-0.25, -0.2) is 15.2 Å². The molecule has 0 fully saturated rings. The van der Waals surface area contributed by atoms with Crippen LogP contribution in [0.4, 0.5) is 5.95 Å². The summed E-state index contributed by atoms with van der Waals surface area (Å²) in [5, 5.41) is 22.4. The predicted molar refractivity (Wildman–Crippen MR) is 104 cm³/mol. The van der Waals surface area contributed by atoms with Crippen molar-refractivity contribution >= 4 is 18.1 Å². The number of carbonyl (C=O) groups is 1. The summed E-state index contributed by atoms with van der Waals surface area (Å²) in [7, 11) is 0. The second-order valence-electron chi connectivity index (χ2n) is 5.87. The fourth-order valence-electron chi connectivity index (χ4n) is 2.55. The van der Waals surface area contributed by atoms with Crippen LogP contribution in [0.1, 0.15) is 27.0 Å². The first-order valence-electron chi connectivity index (χ1n) is 8.22. The third kappa shape index (κ3) is 3.94. The zero-order valence-corrected chi connectivity index (χ0v) is 14.8. The number of nitriles is 1. The van der Waals surface area contributed by atoms with Crippen molar-refractivity contribution in [1.29, 1.82) is 5.26 Å². The van der Waals surface area contributed by atoms with Gasteiger partial charge in [0.2, 0.25) is 5.95 Å². The number of hydrogen-bond acceptors (Lipinski definition) is 6. The van der Waals surface area contributed by atoms with Crippen molar-refractivity contribution in [3.8, 4) is 17.3 Å². The number of rotatable bonds is 5. The maximum absolute atomic E-state index is 12.2. The minimum Gasteiger partial charge on any atom is -0.478 e. The number of aromatic amines is 1. The van der Waals surface area contributed by atoms with Crippen molar-refractivity contribution in [3.05, 3.63) is 81.1 Å². The standard InChI is InChI=1S/C20H15N5O3/c1-12-7-8-13(9-15(12)19(27)28)11-22-25-20-23-17(14-5-3-2-4-6-14)16(10-21)18(26)24-20/h2-9,11H,1H3,(H,27,28)(H2,23,24,25,26). The van der Waals surface area contributed by atoms with Gasteiger partial charge in [0.1, 0.15) is 11.6 Å². The normalized spacial score (nSPS) is 10.6. The maximum Gasteiger partial charge on any atom is 0.335 e. The second kappa shape index (κ2) is 7.97. The number of hydrogen-bond donors (Lipinski definition) is 3. The number of nitrogens with one attached hydrogen (secondary N) is 2. The van der Waals surface area contributed by atoms with Crippen LogP contribution in [0.5, 0.6) is 0 Å². The SMILES string of the molecule is Cc1ccc(C=NNc2nc(-c3ccccc3)c(C#N)c(=O)[nH]2)cc1C(=O)O. The van der Waals surface area contributed by atoms with Gasteiger partial charge in [-0.3, -0.25) is 9.78 Å². The van der Waals surface area contributed by atoms with Crippen LogP contribution in [0.25, 0.3) is 11.3 Å². The molecule has 0 aliphatic carbocycles. The molecule has 3 rings (SSSR count). The van der Waals surface area contributed by atoms with Crippen LogP contribution < -0.4 is 11.0 Å². The molecule has 0 amide bonds. The number of nitrogens with zero attached hydrogens (tertiary/aromatic N) is 3. The minimum absolute atomic E-state index is 0.0599. The highest BCUT2D eigenvalue weighted by atomic mass is 16.4. The number of benzene rings is 2. The number of aromatic carboxylic acids is 1. The molecule has 0 aliphatic heterocycles. The summed E-state index contributed by atoms with van der Waals surface area (Å²) in [6.45, 7) is 1.71. The van der Waals surface area contributed by atoms with Crippen LogP contribution in [0.15, 0.2) is 58.4 Å². The van der Waals surface area contributed by atoms with Gasteiger partial charge >= 0.3 is 5.97 Å². The summed E-state index contributed by atoms with van der Waals surface area (Å²) < 4.78 is 0. The van der Waals surface area contributed by atoms with Crippen LogP contribution in [0.2, 0.25) is 0 Å². The number of aryl methyl sites for hydroxylation is 1. The van der Waals surface area contributed by atoms with Gasteiger partial charge in [-0.15, -0.1) is 0 Å². The lowest BCUT2D eigenvalue weighted by Gasteiger charge is -2.06. The van der Waals surface area contributed by atoms with Gasteiger partial charge in [0.05, 0.1) is 17.5 Å². The molecule has 0 atom stereocenters. The summed E-state index contributed by atoms with van der Waals surface area (Å²) >= 11 is 0. The molecular weight excluding hydrogens is 358 g/mol. The van der Waals surface area contributed by atoms with E-state index < -0.39 is 11.5 Å². The summed E-state index contributed by atoms with van der Waals surface area (Å²) in [6, 6.07) is 15.6. The van der Waals surface area contributed by atoms with Crippen molar-refractivity contribution in [2.75, 3.05) is 5.43 Å². The Bertz CT molecular complexity index is 1160. The molecule has 0 spiro atoms. The molecular formula is C20H15N5O3. The lowest BCUT2D eigenvalue weighted by atomic mass is 10.1. The van der Waals surface area contributed by atoms with Gasteiger partial charge in [-0.1, -0.05) is 42.5 Å². The Morgan fingerprint density at radius 1 is 1.29 bits per heavy atom. The van der Waals surface area contributed by atoms with Crippen molar-refractivity contribution in [2.45, 2.75) is 6.92 Å². The maximum atomic E-state index is 12.2. The molecule has 2 aromatic carbocycles. The van der Waals surface area contributed by atoms with E-state index in [1.54, 1.807) is 43.3 Å². The Kier molecular flexibility index (Phi) is 5.28. The minimum atomic E-state index is -1.02. The lowest BCUT2D eigenvalue weighted by molar-refractivity contribution is 0.0696. The van der Waals surface area contributed by atoms with E-state index in [4.69, 9.17) is 0 Å². The number of H-pyrrole nitrogens is 1. The lowest BCUT2D eigenvalue weighted by Crippen LogP contribution is -2.16. The molecule has 0 bridgehead atoms. The second-order valence-corrected chi connectivity index (χ2v) is 5.87. The van der Waals surface area contributed by atoms with E-state index >= 15 is 0 Å². The van der Waals surface area contributed by atoms with Crippen LogP contribution in [-0.2, 0) is 0 Å². The molecule has 0 unspecified atom stereocenters. The Morgan fingerprint density at radius 3 is 2.71 bits per heavy atom. The fraction of sp³-hybridized carbons (Fsp3) is 0.0500. The van der Waals surface area contributed by atoms with Crippen LogP contribution in [0.3, 0.4) is 0 Å². The number of carboxylic acids is 1. The quantitative estimate of drug-likeness (QED) is 0.465.